The van der Waals surface area contributed by atoms with Gasteiger partial charge >= 0.3 is 6.18 Å². The minimum atomic E-state index is -4.53. The first-order chi connectivity index (χ1) is 17.7. The predicted octanol–water partition coefficient (Wildman–Crippen LogP) is 8.16. The first kappa shape index (κ1) is 33.0. The molecule has 0 aliphatic heterocycles. The van der Waals surface area contributed by atoms with Crippen molar-refractivity contribution >= 4 is 58.2 Å². The van der Waals surface area contributed by atoms with Crippen molar-refractivity contribution in [2.24, 2.45) is 0 Å². The van der Waals surface area contributed by atoms with Gasteiger partial charge in [-0.2, -0.15) is 37.6 Å². The predicted molar refractivity (Wildman–Crippen MR) is 154 cm³/mol. The highest BCUT2D eigenvalue weighted by Crippen LogP contribution is 2.34. The third-order valence-corrected chi connectivity index (χ3v) is 6.14. The van der Waals surface area contributed by atoms with Crippen molar-refractivity contribution in [3.8, 4) is 0 Å². The number of amides is 1. The molecule has 4 nitrogen and oxygen atoms in total. The third kappa shape index (κ3) is 10.0. The fourth-order valence-corrected chi connectivity index (χ4v) is 4.42. The van der Waals surface area contributed by atoms with Gasteiger partial charge in [0.05, 0.1) is 5.52 Å². The number of thioether (sulfide) groups is 1. The number of thiophene rings is 1. The van der Waals surface area contributed by atoms with Crippen LogP contribution in [0.15, 0.2) is 41.8 Å². The SMILES string of the molecule is CC.CS.CSC.O=C(NC1CCC(Nc2cc(C(F)(F)F)nc3ccccc23)CC1)c1sccc1F. The molecule has 0 spiro atoms. The molecule has 2 N–H and O–H groups in total. The summed E-state index contributed by atoms with van der Waals surface area (Å²) in [5.41, 5.74) is -0.238. The molecule has 1 fully saturated rings. The molecule has 0 unspecified atom stereocenters. The molecule has 1 amide bonds. The van der Waals surface area contributed by atoms with Gasteiger partial charge in [0.15, 0.2) is 0 Å². The molecular weight excluding hydrogens is 542 g/mol. The fraction of sp³-hybridized carbons (Fsp3) is 0.462. The van der Waals surface area contributed by atoms with Gasteiger partial charge in [-0.1, -0.05) is 32.0 Å². The maximum Gasteiger partial charge on any atom is 0.433 e. The number of alkyl halides is 3. The lowest BCUT2D eigenvalue weighted by Crippen LogP contribution is -2.40. The average molecular weight is 578 g/mol. The lowest BCUT2D eigenvalue weighted by Gasteiger charge is -2.30. The maximum absolute atomic E-state index is 13.6. The minimum Gasteiger partial charge on any atom is -0.382 e. The first-order valence-electron chi connectivity index (χ1n) is 11.8. The van der Waals surface area contributed by atoms with E-state index in [0.29, 0.717) is 36.8 Å². The van der Waals surface area contributed by atoms with Gasteiger partial charge in [0.25, 0.3) is 5.91 Å². The number of thiol groups is 1. The number of carbonyl (C=O) groups excluding carboxylic acids is 1. The molecule has 0 radical (unpaired) electrons. The van der Waals surface area contributed by atoms with Crippen molar-refractivity contribution in [3.05, 3.63) is 58.2 Å². The highest BCUT2D eigenvalue weighted by Gasteiger charge is 2.34. The number of nitrogens with one attached hydrogen (secondary N) is 2. The second-order valence-electron chi connectivity index (χ2n) is 7.74. The summed E-state index contributed by atoms with van der Waals surface area (Å²) < 4.78 is 53.3. The highest BCUT2D eigenvalue weighted by atomic mass is 32.2. The quantitative estimate of drug-likeness (QED) is 0.216. The van der Waals surface area contributed by atoms with Gasteiger partial charge in [0, 0.05) is 23.2 Å². The lowest BCUT2D eigenvalue weighted by molar-refractivity contribution is -0.140. The Hall–Kier alpha value is -1.98. The van der Waals surface area contributed by atoms with Crippen LogP contribution in [0.3, 0.4) is 0 Å². The molecule has 2 aromatic heterocycles. The number of anilines is 1. The molecule has 2 heterocycles. The lowest BCUT2D eigenvalue weighted by atomic mass is 9.90. The van der Waals surface area contributed by atoms with E-state index in [1.54, 1.807) is 42.3 Å². The van der Waals surface area contributed by atoms with Crippen LogP contribution < -0.4 is 10.6 Å². The van der Waals surface area contributed by atoms with E-state index in [0.717, 1.165) is 17.4 Å². The zero-order valence-corrected chi connectivity index (χ0v) is 24.2. The van der Waals surface area contributed by atoms with E-state index in [2.05, 4.69) is 28.2 Å². The number of hydrogen-bond acceptors (Lipinski definition) is 6. The van der Waals surface area contributed by atoms with E-state index < -0.39 is 23.6 Å². The topological polar surface area (TPSA) is 54.0 Å². The highest BCUT2D eigenvalue weighted by molar-refractivity contribution is 7.97. The minimum absolute atomic E-state index is 0.0245. The van der Waals surface area contributed by atoms with Gasteiger partial charge in [-0.25, -0.2) is 9.37 Å². The molecule has 11 heteroatoms. The number of rotatable bonds is 4. The van der Waals surface area contributed by atoms with Crippen LogP contribution in [0, 0.1) is 5.82 Å². The average Bonchev–Trinajstić information content (AvgIpc) is 3.33. The van der Waals surface area contributed by atoms with E-state index >= 15 is 0 Å². The number of halogens is 4. The standard InChI is InChI=1S/C21H19F4N3OS.C2H6S.C2H6.CH4S/c22-15-9-10-30-19(15)20(29)27-13-7-5-12(6-8-13)26-17-11-18(21(23,24)25)28-16-4-2-1-3-14(16)17;1-3-2;2*1-2/h1-4,9-13H,5-8H2,(H,26,28)(H,27,29);1-2H3;1-2H3;2H,1H3. The summed E-state index contributed by atoms with van der Waals surface area (Å²) in [6, 6.07) is 8.92. The number of aromatic nitrogens is 1. The summed E-state index contributed by atoms with van der Waals surface area (Å²) in [4.78, 5) is 16.0. The largest absolute Gasteiger partial charge is 0.433 e. The third-order valence-electron chi connectivity index (χ3n) is 5.25. The Balaban J connectivity index is 0.000000894. The van der Waals surface area contributed by atoms with Crippen LogP contribution >= 0.6 is 35.7 Å². The van der Waals surface area contributed by atoms with Crippen molar-refractivity contribution < 1.29 is 22.4 Å². The molecule has 3 aromatic rings. The Kier molecular flexibility index (Phi) is 15.0. The van der Waals surface area contributed by atoms with Crippen molar-refractivity contribution in [2.45, 2.75) is 57.8 Å². The van der Waals surface area contributed by atoms with Crippen LogP contribution in [-0.4, -0.2) is 41.7 Å². The van der Waals surface area contributed by atoms with Gasteiger partial charge < -0.3 is 10.6 Å². The summed E-state index contributed by atoms with van der Waals surface area (Å²) in [5, 5.41) is 8.25. The van der Waals surface area contributed by atoms with E-state index in [9.17, 15) is 22.4 Å². The Labute approximate surface area is 230 Å². The van der Waals surface area contributed by atoms with Crippen molar-refractivity contribution in [3.63, 3.8) is 0 Å². The normalized spacial score (nSPS) is 16.7. The Bertz CT molecular complexity index is 1080. The molecular formula is C26H35F4N3OS3. The van der Waals surface area contributed by atoms with Crippen LogP contribution in [0.5, 0.6) is 0 Å². The van der Waals surface area contributed by atoms with Crippen LogP contribution in [-0.2, 0) is 6.18 Å². The monoisotopic (exact) mass is 577 g/mol. The Morgan fingerprint density at radius 3 is 2.16 bits per heavy atom. The summed E-state index contributed by atoms with van der Waals surface area (Å²) in [6.07, 6.45) is 3.92. The van der Waals surface area contributed by atoms with Gasteiger partial charge in [-0.15, -0.1) is 11.3 Å². The number of benzene rings is 1. The first-order valence-corrected chi connectivity index (χ1v) is 15.3. The Morgan fingerprint density at radius 1 is 1.05 bits per heavy atom. The second-order valence-corrected chi connectivity index (χ2v) is 9.47. The summed E-state index contributed by atoms with van der Waals surface area (Å²) in [7, 11) is 0. The van der Waals surface area contributed by atoms with Gasteiger partial charge in [0.1, 0.15) is 16.4 Å². The number of hydrogen-bond donors (Lipinski definition) is 3. The number of carbonyl (C=O) groups is 1. The zero-order chi connectivity index (χ0) is 28.0. The maximum atomic E-state index is 13.6. The second kappa shape index (κ2) is 16.8. The number of fused-ring (bicyclic) bond motifs is 1. The molecule has 1 aliphatic carbocycles. The molecule has 0 bridgehead atoms. The Morgan fingerprint density at radius 2 is 1.62 bits per heavy atom. The molecule has 1 saturated carbocycles. The van der Waals surface area contributed by atoms with Crippen LogP contribution in [0.25, 0.3) is 10.9 Å². The van der Waals surface area contributed by atoms with Crippen LogP contribution in [0.1, 0.15) is 54.9 Å². The van der Waals surface area contributed by atoms with Gasteiger partial charge in [-0.05, 0) is 68.0 Å². The van der Waals surface area contributed by atoms with Crippen molar-refractivity contribution in [1.82, 2.24) is 10.3 Å². The fourth-order valence-electron chi connectivity index (χ4n) is 3.75. The van der Waals surface area contributed by atoms with Crippen molar-refractivity contribution in [1.29, 1.82) is 0 Å². The number of pyridine rings is 1. The molecule has 1 aliphatic rings. The summed E-state index contributed by atoms with van der Waals surface area (Å²) in [5.74, 6) is -0.952. The van der Waals surface area contributed by atoms with Gasteiger partial charge in [0.2, 0.25) is 0 Å². The van der Waals surface area contributed by atoms with E-state index in [1.165, 1.54) is 11.4 Å². The van der Waals surface area contributed by atoms with E-state index in [4.69, 9.17) is 0 Å². The smallest absolute Gasteiger partial charge is 0.382 e. The zero-order valence-electron chi connectivity index (χ0n) is 21.7. The molecule has 4 rings (SSSR count). The van der Waals surface area contributed by atoms with E-state index in [1.807, 2.05) is 26.4 Å². The molecule has 0 atom stereocenters. The molecule has 1 aromatic carbocycles. The molecule has 37 heavy (non-hydrogen) atoms. The van der Waals surface area contributed by atoms with E-state index in [-0.39, 0.29) is 22.5 Å². The van der Waals surface area contributed by atoms with Crippen LogP contribution in [0.2, 0.25) is 0 Å². The van der Waals surface area contributed by atoms with Crippen molar-refractivity contribution in [2.75, 3.05) is 24.1 Å². The molecule has 0 saturated heterocycles. The van der Waals surface area contributed by atoms with Gasteiger partial charge in [-0.3, -0.25) is 4.79 Å². The number of nitrogens with zero attached hydrogens (tertiary/aromatic N) is 1. The molecule has 206 valence electrons. The summed E-state index contributed by atoms with van der Waals surface area (Å²) in [6.45, 7) is 4.00. The summed E-state index contributed by atoms with van der Waals surface area (Å²) >= 11 is 6.33. The van der Waals surface area contributed by atoms with Crippen LogP contribution in [0.4, 0.5) is 23.2 Å². The number of para-hydroxylation sites is 1.